The van der Waals surface area contributed by atoms with Crippen LogP contribution in [0.25, 0.3) is 0 Å². The number of fused-ring (bicyclic) bond motifs is 3. The number of carbonyl (C=O) groups is 4. The van der Waals surface area contributed by atoms with Crippen molar-refractivity contribution < 1.29 is 33.8 Å². The Bertz CT molecular complexity index is 1310. The zero-order valence-electron chi connectivity index (χ0n) is 19.6. The summed E-state index contributed by atoms with van der Waals surface area (Å²) in [5, 5.41) is 13.6. The van der Waals surface area contributed by atoms with Crippen LogP contribution < -0.4 is 14.8 Å². The molecule has 4 rings (SSSR count). The van der Waals surface area contributed by atoms with Crippen molar-refractivity contribution in [2.24, 2.45) is 5.92 Å². The Kier molecular flexibility index (Phi) is 5.55. The topological polar surface area (TPSA) is 119 Å². The monoisotopic (exact) mass is 463 g/mol. The predicted octanol–water partition coefficient (Wildman–Crippen LogP) is 2.84. The summed E-state index contributed by atoms with van der Waals surface area (Å²) < 4.78 is 11.2. The second-order valence-electron chi connectivity index (χ2n) is 8.84. The van der Waals surface area contributed by atoms with Crippen LogP contribution in [-0.4, -0.2) is 35.5 Å². The number of nitrogens with one attached hydrogen (secondary N) is 1. The number of hydrogen-bond acceptors (Lipinski definition) is 7. The molecule has 34 heavy (non-hydrogen) atoms. The molecule has 1 aliphatic carbocycles. The summed E-state index contributed by atoms with van der Waals surface area (Å²) in [4.78, 5) is 51.1. The van der Waals surface area contributed by atoms with Crippen LogP contribution in [0.1, 0.15) is 46.5 Å². The average Bonchev–Trinajstić information content (AvgIpc) is 3.07. The first-order valence-electron chi connectivity index (χ1n) is 10.8. The minimum absolute atomic E-state index is 0.0169. The van der Waals surface area contributed by atoms with Gasteiger partial charge in [0, 0.05) is 18.7 Å². The van der Waals surface area contributed by atoms with Crippen LogP contribution in [0.15, 0.2) is 36.1 Å². The van der Waals surface area contributed by atoms with Crippen LogP contribution in [0.5, 0.6) is 17.2 Å². The van der Waals surface area contributed by atoms with Crippen LogP contribution in [0.3, 0.4) is 0 Å². The molecule has 0 saturated carbocycles. The number of carbonyl (C=O) groups excluding carboxylic acids is 4. The zero-order chi connectivity index (χ0) is 24.9. The Morgan fingerprint density at radius 1 is 1.21 bits per heavy atom. The van der Waals surface area contributed by atoms with Gasteiger partial charge in [-0.2, -0.15) is 0 Å². The first-order chi connectivity index (χ1) is 16.0. The number of allylic oxidation sites excluding steroid dienone is 2. The van der Waals surface area contributed by atoms with E-state index in [0.717, 1.165) is 22.8 Å². The van der Waals surface area contributed by atoms with Gasteiger partial charge in [0.1, 0.15) is 39.9 Å². The smallest absolute Gasteiger partial charge is 0.259 e. The number of benzene rings is 2. The van der Waals surface area contributed by atoms with Crippen molar-refractivity contribution in [3.05, 3.63) is 63.9 Å². The fourth-order valence-corrected chi connectivity index (χ4v) is 4.61. The standard InChI is InChI=1S/C26H25NO7/c1-12-6-7-13(2)15(8-12)11-27-25(32)21-18(33-5)9-17(30)22-23(21)34-19-10-16(29)20(14(3)28)24(31)26(19,22)4/h6-10,20,30H,11H2,1-5H3,(H,27,32)/t20?,26-/m1/s1. The van der Waals surface area contributed by atoms with Gasteiger partial charge in [0.25, 0.3) is 5.91 Å². The van der Waals surface area contributed by atoms with Gasteiger partial charge in [-0.15, -0.1) is 0 Å². The molecule has 0 fully saturated rings. The van der Waals surface area contributed by atoms with Crippen LogP contribution >= 0.6 is 0 Å². The molecule has 0 aromatic heterocycles. The largest absolute Gasteiger partial charge is 0.507 e. The summed E-state index contributed by atoms with van der Waals surface area (Å²) >= 11 is 0. The predicted molar refractivity (Wildman–Crippen MR) is 122 cm³/mol. The molecule has 2 N–H and O–H groups in total. The van der Waals surface area contributed by atoms with Gasteiger partial charge in [-0.1, -0.05) is 23.8 Å². The number of Topliss-reactive ketones (excluding diaryl/α,β-unsaturated/α-hetero) is 2. The highest BCUT2D eigenvalue weighted by atomic mass is 16.5. The molecule has 0 radical (unpaired) electrons. The highest BCUT2D eigenvalue weighted by molar-refractivity contribution is 6.27. The summed E-state index contributed by atoms with van der Waals surface area (Å²) in [7, 11) is 1.34. The van der Waals surface area contributed by atoms with Crippen molar-refractivity contribution in [2.45, 2.75) is 39.7 Å². The van der Waals surface area contributed by atoms with Gasteiger partial charge in [0.15, 0.2) is 17.3 Å². The molecule has 0 saturated heterocycles. The van der Waals surface area contributed by atoms with Gasteiger partial charge in [0.05, 0.1) is 12.7 Å². The third-order valence-corrected chi connectivity index (χ3v) is 6.54. The third-order valence-electron chi connectivity index (χ3n) is 6.54. The number of ether oxygens (including phenoxy) is 2. The van der Waals surface area contributed by atoms with E-state index in [9.17, 15) is 24.3 Å². The van der Waals surface area contributed by atoms with Crippen LogP contribution in [0.4, 0.5) is 0 Å². The SMILES string of the molecule is COc1cc(O)c2c(c1C(=O)NCc1cc(C)ccc1C)OC1=CC(=O)C(C(C)=O)C(=O)[C@]12C. The maximum atomic E-state index is 13.3. The average molecular weight is 463 g/mol. The highest BCUT2D eigenvalue weighted by Gasteiger charge is 2.58. The van der Waals surface area contributed by atoms with Crippen molar-refractivity contribution in [1.82, 2.24) is 5.32 Å². The Hall–Kier alpha value is -3.94. The van der Waals surface area contributed by atoms with E-state index in [2.05, 4.69) is 5.32 Å². The Labute approximate surface area is 196 Å². The maximum Gasteiger partial charge on any atom is 0.259 e. The van der Waals surface area contributed by atoms with E-state index in [1.165, 1.54) is 27.0 Å². The normalized spacial score (nSPS) is 20.7. The van der Waals surface area contributed by atoms with Gasteiger partial charge >= 0.3 is 0 Å². The first-order valence-corrected chi connectivity index (χ1v) is 10.8. The lowest BCUT2D eigenvalue weighted by atomic mass is 9.67. The van der Waals surface area contributed by atoms with E-state index in [1.54, 1.807) is 0 Å². The first kappa shape index (κ1) is 23.2. The maximum absolute atomic E-state index is 13.3. The van der Waals surface area contributed by atoms with Gasteiger partial charge < -0.3 is 19.9 Å². The lowest BCUT2D eigenvalue weighted by Crippen LogP contribution is -2.47. The summed E-state index contributed by atoms with van der Waals surface area (Å²) in [6.07, 6.45) is 1.09. The fraction of sp³-hybridized carbons (Fsp3) is 0.308. The van der Waals surface area contributed by atoms with Crippen molar-refractivity contribution in [3.8, 4) is 17.2 Å². The van der Waals surface area contributed by atoms with E-state index in [0.29, 0.717) is 0 Å². The van der Waals surface area contributed by atoms with Crippen molar-refractivity contribution in [3.63, 3.8) is 0 Å². The lowest BCUT2D eigenvalue weighted by molar-refractivity contribution is -0.140. The number of amides is 1. The molecule has 2 aliphatic rings. The fourth-order valence-electron chi connectivity index (χ4n) is 4.61. The Morgan fingerprint density at radius 3 is 2.56 bits per heavy atom. The van der Waals surface area contributed by atoms with Crippen LogP contribution in [0, 0.1) is 19.8 Å². The summed E-state index contributed by atoms with van der Waals surface area (Å²) in [5.74, 6) is -4.44. The van der Waals surface area contributed by atoms with E-state index in [4.69, 9.17) is 9.47 Å². The Balaban J connectivity index is 1.81. The minimum Gasteiger partial charge on any atom is -0.507 e. The summed E-state index contributed by atoms with van der Waals surface area (Å²) in [5.41, 5.74) is 1.40. The number of phenolic OH excluding ortho intramolecular Hbond substituents is 1. The number of rotatable bonds is 5. The second-order valence-corrected chi connectivity index (χ2v) is 8.84. The molecule has 1 amide bonds. The molecule has 2 aromatic rings. The van der Waals surface area contributed by atoms with E-state index >= 15 is 0 Å². The molecule has 0 spiro atoms. The molecule has 1 unspecified atom stereocenters. The van der Waals surface area contributed by atoms with Crippen molar-refractivity contribution >= 4 is 23.3 Å². The molecule has 1 heterocycles. The number of phenols is 1. The molecule has 8 heteroatoms. The van der Waals surface area contributed by atoms with E-state index in [-0.39, 0.29) is 40.7 Å². The van der Waals surface area contributed by atoms with Gasteiger partial charge in [-0.3, -0.25) is 19.2 Å². The number of methoxy groups -OCH3 is 1. The number of ketones is 3. The Morgan fingerprint density at radius 2 is 1.91 bits per heavy atom. The van der Waals surface area contributed by atoms with Crippen LogP contribution in [-0.2, 0) is 26.3 Å². The molecular weight excluding hydrogens is 438 g/mol. The third kappa shape index (κ3) is 3.37. The van der Waals surface area contributed by atoms with E-state index in [1.807, 2.05) is 32.0 Å². The summed E-state index contributed by atoms with van der Waals surface area (Å²) in [6.45, 7) is 6.76. The van der Waals surface area contributed by atoms with Crippen molar-refractivity contribution in [1.29, 1.82) is 0 Å². The molecule has 8 nitrogen and oxygen atoms in total. The molecular formula is C26H25NO7. The van der Waals surface area contributed by atoms with Crippen molar-refractivity contribution in [2.75, 3.05) is 7.11 Å². The number of hydrogen-bond donors (Lipinski definition) is 2. The highest BCUT2D eigenvalue weighted by Crippen LogP contribution is 2.56. The number of aryl methyl sites for hydroxylation is 2. The van der Waals surface area contributed by atoms with E-state index < -0.39 is 34.6 Å². The second kappa shape index (κ2) is 8.13. The molecule has 2 atom stereocenters. The molecule has 1 aliphatic heterocycles. The molecule has 0 bridgehead atoms. The van der Waals surface area contributed by atoms with Gasteiger partial charge in [-0.05, 0) is 38.8 Å². The van der Waals surface area contributed by atoms with Crippen LogP contribution in [0.2, 0.25) is 0 Å². The van der Waals surface area contributed by atoms with Gasteiger partial charge in [-0.25, -0.2) is 0 Å². The summed E-state index contributed by atoms with van der Waals surface area (Å²) in [6, 6.07) is 7.14. The lowest BCUT2D eigenvalue weighted by Gasteiger charge is -2.30. The zero-order valence-corrected chi connectivity index (χ0v) is 19.6. The molecule has 2 aromatic carbocycles. The minimum atomic E-state index is -1.60. The number of aromatic hydroxyl groups is 1. The quantitative estimate of drug-likeness (QED) is 0.655. The molecule has 176 valence electrons. The van der Waals surface area contributed by atoms with Gasteiger partial charge in [0.2, 0.25) is 0 Å².